The normalized spacial score (nSPS) is 25.1. The molecule has 1 aliphatic carbocycles. The van der Waals surface area contributed by atoms with E-state index in [-0.39, 0.29) is 25.3 Å². The largest absolute Gasteiger partial charge is 0.488 e. The molecule has 2 aromatic rings. The molecule has 1 aromatic carbocycles. The molecule has 0 amide bonds. The smallest absolute Gasteiger partial charge is 0.281 e. The first-order valence-electron chi connectivity index (χ1n) is 13.1. The van der Waals surface area contributed by atoms with Gasteiger partial charge in [-0.3, -0.25) is 0 Å². The zero-order valence-corrected chi connectivity index (χ0v) is 22.6. The highest BCUT2D eigenvalue weighted by Gasteiger charge is 2.39. The van der Waals surface area contributed by atoms with E-state index in [1.165, 1.54) is 35.5 Å². The van der Waals surface area contributed by atoms with Crippen LogP contribution in [-0.4, -0.2) is 85.6 Å². The van der Waals surface area contributed by atoms with Gasteiger partial charge in [0.1, 0.15) is 18.0 Å². The number of benzene rings is 1. The summed E-state index contributed by atoms with van der Waals surface area (Å²) < 4.78 is 45.1. The quantitative estimate of drug-likeness (QED) is 0.526. The molecule has 11 heteroatoms. The van der Waals surface area contributed by atoms with E-state index in [1.54, 1.807) is 6.20 Å². The van der Waals surface area contributed by atoms with E-state index in [4.69, 9.17) is 19.2 Å². The molecule has 3 fully saturated rings. The van der Waals surface area contributed by atoms with E-state index in [0.717, 1.165) is 48.7 Å². The zero-order valence-electron chi connectivity index (χ0n) is 21.8. The van der Waals surface area contributed by atoms with Crippen molar-refractivity contribution in [1.82, 2.24) is 18.6 Å². The second kappa shape index (κ2) is 11.1. The van der Waals surface area contributed by atoms with Gasteiger partial charge in [-0.2, -0.15) is 22.0 Å². The molecular weight excluding hydrogens is 494 g/mol. The predicted molar refractivity (Wildman–Crippen MR) is 141 cm³/mol. The zero-order chi connectivity index (χ0) is 26.0. The fourth-order valence-electron chi connectivity index (χ4n) is 4.87. The second-order valence-corrected chi connectivity index (χ2v) is 12.6. The predicted octanol–water partition coefficient (Wildman–Crippen LogP) is 3.17. The number of anilines is 1. The standard InChI is InChI=1S/C26H37N5O5S/c1-18-4-8-20(9-5-18)28-26-27-14-24(19-6-10-21(11-7-19)35-22-12-13-34-17-22)25(29-26)36-23-15-31(16-23)37(32,33)30(2)3/h6-7,10-11,14,18,20,22-23H,4-5,8-9,12-13,15-17H2,1-3H3,(H,27,28,29). The van der Waals surface area contributed by atoms with E-state index in [9.17, 15) is 8.42 Å². The van der Waals surface area contributed by atoms with Crippen molar-refractivity contribution < 1.29 is 22.6 Å². The van der Waals surface area contributed by atoms with Crippen LogP contribution < -0.4 is 14.8 Å². The SMILES string of the molecule is CC1CCC(Nc2ncc(-c3ccc(OC4CCOC4)cc3)c(OC3CN(S(=O)(=O)N(C)C)C3)n2)CC1. The highest BCUT2D eigenvalue weighted by molar-refractivity contribution is 7.86. The highest BCUT2D eigenvalue weighted by atomic mass is 32.2. The van der Waals surface area contributed by atoms with Crippen LogP contribution in [0.2, 0.25) is 0 Å². The summed E-state index contributed by atoms with van der Waals surface area (Å²) in [6.45, 7) is 4.20. The molecule has 5 rings (SSSR count). The van der Waals surface area contributed by atoms with E-state index >= 15 is 0 Å². The van der Waals surface area contributed by atoms with E-state index < -0.39 is 10.2 Å². The third kappa shape index (κ3) is 6.17. The summed E-state index contributed by atoms with van der Waals surface area (Å²) in [7, 11) is -0.394. The number of hydrogen-bond acceptors (Lipinski definition) is 8. The van der Waals surface area contributed by atoms with Gasteiger partial charge < -0.3 is 19.5 Å². The van der Waals surface area contributed by atoms with Crippen LogP contribution in [0.25, 0.3) is 11.1 Å². The van der Waals surface area contributed by atoms with Gasteiger partial charge in [-0.1, -0.05) is 19.1 Å². The lowest BCUT2D eigenvalue weighted by molar-refractivity contribution is 0.0693. The minimum atomic E-state index is -3.46. The molecule has 37 heavy (non-hydrogen) atoms. The molecule has 2 aliphatic heterocycles. The lowest BCUT2D eigenvalue weighted by Crippen LogP contribution is -2.58. The highest BCUT2D eigenvalue weighted by Crippen LogP contribution is 2.33. The van der Waals surface area contributed by atoms with Gasteiger partial charge in [0.05, 0.1) is 31.9 Å². The third-order valence-corrected chi connectivity index (χ3v) is 9.21. The first-order chi connectivity index (χ1) is 17.8. The maximum Gasteiger partial charge on any atom is 0.281 e. The molecular formula is C26H37N5O5S. The maximum atomic E-state index is 12.4. The Morgan fingerprint density at radius 1 is 1.03 bits per heavy atom. The molecule has 1 aromatic heterocycles. The van der Waals surface area contributed by atoms with Crippen LogP contribution >= 0.6 is 0 Å². The van der Waals surface area contributed by atoms with Gasteiger partial charge in [0.15, 0.2) is 0 Å². The molecule has 1 N–H and O–H groups in total. The van der Waals surface area contributed by atoms with Crippen molar-refractivity contribution in [2.75, 3.05) is 45.7 Å². The van der Waals surface area contributed by atoms with Gasteiger partial charge in [-0.25, -0.2) is 4.98 Å². The van der Waals surface area contributed by atoms with Gasteiger partial charge >= 0.3 is 0 Å². The Morgan fingerprint density at radius 2 is 1.76 bits per heavy atom. The Morgan fingerprint density at radius 3 is 2.41 bits per heavy atom. The average molecular weight is 532 g/mol. The molecule has 3 aliphatic rings. The monoisotopic (exact) mass is 531 g/mol. The van der Waals surface area contributed by atoms with Gasteiger partial charge in [-0.05, 0) is 49.3 Å². The summed E-state index contributed by atoms with van der Waals surface area (Å²) in [6.07, 6.45) is 7.05. The molecule has 1 saturated carbocycles. The van der Waals surface area contributed by atoms with E-state index in [1.807, 2.05) is 24.3 Å². The molecule has 0 spiro atoms. The summed E-state index contributed by atoms with van der Waals surface area (Å²) in [5.41, 5.74) is 1.66. The molecule has 0 bridgehead atoms. The Labute approximate surface area is 219 Å². The molecule has 2 saturated heterocycles. The topological polar surface area (TPSA) is 106 Å². The van der Waals surface area contributed by atoms with Gasteiger partial charge in [0.25, 0.3) is 10.2 Å². The van der Waals surface area contributed by atoms with Crippen LogP contribution in [0, 0.1) is 5.92 Å². The minimum Gasteiger partial charge on any atom is -0.488 e. The number of nitrogens with one attached hydrogen (secondary N) is 1. The van der Waals surface area contributed by atoms with Crippen molar-refractivity contribution >= 4 is 16.2 Å². The molecule has 3 heterocycles. The average Bonchev–Trinajstić information content (AvgIpc) is 3.36. The molecule has 202 valence electrons. The fourth-order valence-corrected chi connectivity index (χ4v) is 6.05. The van der Waals surface area contributed by atoms with Gasteiger partial charge in [0.2, 0.25) is 11.8 Å². The lowest BCUT2D eigenvalue weighted by atomic mass is 9.87. The van der Waals surface area contributed by atoms with Crippen molar-refractivity contribution in [3.63, 3.8) is 0 Å². The van der Waals surface area contributed by atoms with E-state index in [2.05, 4.69) is 17.2 Å². The Bertz CT molecular complexity index is 1160. The summed E-state index contributed by atoms with van der Waals surface area (Å²) in [4.78, 5) is 9.34. The van der Waals surface area contributed by atoms with Crippen LogP contribution in [-0.2, 0) is 14.9 Å². The number of rotatable bonds is 9. The first-order valence-corrected chi connectivity index (χ1v) is 14.5. The Balaban J connectivity index is 1.33. The Hall–Kier alpha value is -2.47. The van der Waals surface area contributed by atoms with Crippen LogP contribution in [0.4, 0.5) is 5.95 Å². The summed E-state index contributed by atoms with van der Waals surface area (Å²) in [5.74, 6) is 2.53. The molecule has 10 nitrogen and oxygen atoms in total. The lowest BCUT2D eigenvalue weighted by Gasteiger charge is -2.38. The van der Waals surface area contributed by atoms with Crippen molar-refractivity contribution in [2.45, 2.75) is 57.3 Å². The third-order valence-electron chi connectivity index (χ3n) is 7.34. The first kappa shape index (κ1) is 26.1. The number of ether oxygens (including phenoxy) is 3. The molecule has 1 unspecified atom stereocenters. The van der Waals surface area contributed by atoms with Crippen molar-refractivity contribution in [2.24, 2.45) is 5.92 Å². The summed E-state index contributed by atoms with van der Waals surface area (Å²) >= 11 is 0. The summed E-state index contributed by atoms with van der Waals surface area (Å²) in [6, 6.07) is 8.14. The minimum absolute atomic E-state index is 0.0845. The Kier molecular flexibility index (Phi) is 7.85. The second-order valence-electron chi connectivity index (χ2n) is 10.5. The summed E-state index contributed by atoms with van der Waals surface area (Å²) in [5, 5.41) is 3.48. The van der Waals surface area contributed by atoms with Crippen molar-refractivity contribution in [1.29, 1.82) is 0 Å². The van der Waals surface area contributed by atoms with Crippen LogP contribution in [0.1, 0.15) is 39.0 Å². The van der Waals surface area contributed by atoms with Crippen molar-refractivity contribution in [3.05, 3.63) is 30.5 Å². The van der Waals surface area contributed by atoms with Crippen molar-refractivity contribution in [3.8, 4) is 22.8 Å². The van der Waals surface area contributed by atoms with Crippen LogP contribution in [0.3, 0.4) is 0 Å². The van der Waals surface area contributed by atoms with Crippen LogP contribution in [0.15, 0.2) is 30.5 Å². The molecule has 1 atom stereocenters. The number of nitrogens with zero attached hydrogens (tertiary/aromatic N) is 4. The maximum absolute atomic E-state index is 12.4. The van der Waals surface area contributed by atoms with Crippen LogP contribution in [0.5, 0.6) is 11.6 Å². The number of hydrogen-bond donors (Lipinski definition) is 1. The molecule has 0 radical (unpaired) electrons. The number of aromatic nitrogens is 2. The fraction of sp³-hybridized carbons (Fsp3) is 0.615. The van der Waals surface area contributed by atoms with Gasteiger partial charge in [-0.15, -0.1) is 0 Å². The van der Waals surface area contributed by atoms with E-state index in [0.29, 0.717) is 24.5 Å². The van der Waals surface area contributed by atoms with Gasteiger partial charge in [0, 0.05) is 32.8 Å².